The molecule has 7 heteroatoms. The number of aliphatic hydroxyl groups is 1. The Morgan fingerprint density at radius 3 is 2.62 bits per heavy atom. The average Bonchev–Trinajstić information content (AvgIpc) is 3.08. The third kappa shape index (κ3) is 2.67. The van der Waals surface area contributed by atoms with Crippen LogP contribution in [0.4, 0.5) is 0 Å². The molecular weight excluding hydrogens is 354 g/mol. The summed E-state index contributed by atoms with van der Waals surface area (Å²) in [6.45, 7) is 0.612. The minimum Gasteiger partial charge on any atom is -0.497 e. The van der Waals surface area contributed by atoms with Gasteiger partial charge in [0, 0.05) is 30.6 Å². The maximum atomic E-state index is 13.3. The Kier molecular flexibility index (Phi) is 4.38. The van der Waals surface area contributed by atoms with Crippen molar-refractivity contribution >= 4 is 10.0 Å². The van der Waals surface area contributed by atoms with Crippen molar-refractivity contribution in [3.63, 3.8) is 0 Å². The molecule has 0 spiro atoms. The summed E-state index contributed by atoms with van der Waals surface area (Å²) >= 11 is 0. The zero-order valence-corrected chi connectivity index (χ0v) is 15.2. The number of methoxy groups -OCH3 is 1. The van der Waals surface area contributed by atoms with Crippen LogP contribution < -0.4 is 9.47 Å². The third-order valence-electron chi connectivity index (χ3n) is 5.31. The number of hydrogen-bond acceptors (Lipinski definition) is 5. The van der Waals surface area contributed by atoms with Crippen LogP contribution in [-0.2, 0) is 10.0 Å². The Balaban J connectivity index is 1.77. The van der Waals surface area contributed by atoms with E-state index in [0.29, 0.717) is 18.1 Å². The number of aliphatic hydroxyl groups excluding tert-OH is 1. The minimum atomic E-state index is -3.71. The van der Waals surface area contributed by atoms with Crippen LogP contribution in [0.25, 0.3) is 0 Å². The highest BCUT2D eigenvalue weighted by atomic mass is 32.2. The van der Waals surface area contributed by atoms with Gasteiger partial charge in [-0.2, -0.15) is 4.31 Å². The van der Waals surface area contributed by atoms with Crippen molar-refractivity contribution in [2.45, 2.75) is 10.9 Å². The molecule has 26 heavy (non-hydrogen) atoms. The first-order chi connectivity index (χ1) is 12.6. The molecule has 2 aliphatic rings. The molecule has 0 bridgehead atoms. The van der Waals surface area contributed by atoms with Crippen LogP contribution in [-0.4, -0.2) is 44.7 Å². The van der Waals surface area contributed by atoms with Gasteiger partial charge in [0.25, 0.3) is 0 Å². The highest BCUT2D eigenvalue weighted by molar-refractivity contribution is 7.89. The fraction of sp³-hybridized carbons (Fsp3) is 0.368. The lowest BCUT2D eigenvalue weighted by Gasteiger charge is -2.33. The van der Waals surface area contributed by atoms with Gasteiger partial charge < -0.3 is 14.6 Å². The smallest absolute Gasteiger partial charge is 0.243 e. The van der Waals surface area contributed by atoms with E-state index in [1.807, 2.05) is 24.3 Å². The maximum Gasteiger partial charge on any atom is 0.243 e. The SMILES string of the molecule is COc1ccc(S(=O)(=O)N2C[C@@H](CO)[C@@H]3COc4ccccc4[C@@H]32)cc1. The second-order valence-electron chi connectivity index (χ2n) is 6.65. The standard InChI is InChI=1S/C19H21NO5S/c1-24-14-6-8-15(9-7-14)26(22,23)20-10-13(11-21)17-12-25-18-5-3-2-4-16(18)19(17)20/h2-9,13,17,19,21H,10-12H2,1H3/t13-,17-,19-/m0/s1. The maximum absolute atomic E-state index is 13.3. The number of sulfonamides is 1. The Morgan fingerprint density at radius 2 is 1.92 bits per heavy atom. The van der Waals surface area contributed by atoms with Crippen molar-refractivity contribution in [2.24, 2.45) is 11.8 Å². The summed E-state index contributed by atoms with van der Waals surface area (Å²) in [4.78, 5) is 0.222. The fourth-order valence-electron chi connectivity index (χ4n) is 3.93. The van der Waals surface area contributed by atoms with E-state index in [2.05, 4.69) is 0 Å². The molecule has 1 fully saturated rings. The summed E-state index contributed by atoms with van der Waals surface area (Å²) in [5.74, 6) is 1.10. The monoisotopic (exact) mass is 375 g/mol. The van der Waals surface area contributed by atoms with Gasteiger partial charge in [0.05, 0.1) is 24.7 Å². The van der Waals surface area contributed by atoms with E-state index in [4.69, 9.17) is 9.47 Å². The van der Waals surface area contributed by atoms with Crippen LogP contribution >= 0.6 is 0 Å². The first kappa shape index (κ1) is 17.3. The molecule has 0 radical (unpaired) electrons. The van der Waals surface area contributed by atoms with E-state index in [-0.39, 0.29) is 35.9 Å². The van der Waals surface area contributed by atoms with Crippen LogP contribution in [0.15, 0.2) is 53.4 Å². The zero-order chi connectivity index (χ0) is 18.3. The first-order valence-corrected chi connectivity index (χ1v) is 9.98. The van der Waals surface area contributed by atoms with E-state index >= 15 is 0 Å². The number of hydrogen-bond donors (Lipinski definition) is 1. The second-order valence-corrected chi connectivity index (χ2v) is 8.54. The van der Waals surface area contributed by atoms with E-state index in [1.54, 1.807) is 31.4 Å². The molecule has 6 nitrogen and oxygen atoms in total. The van der Waals surface area contributed by atoms with Crippen LogP contribution in [0.2, 0.25) is 0 Å². The van der Waals surface area contributed by atoms with Crippen LogP contribution in [0.3, 0.4) is 0 Å². The molecule has 0 aliphatic carbocycles. The molecule has 0 unspecified atom stereocenters. The van der Waals surface area contributed by atoms with Gasteiger partial charge in [0.2, 0.25) is 10.0 Å². The van der Waals surface area contributed by atoms with E-state index < -0.39 is 10.0 Å². The number of nitrogens with zero attached hydrogens (tertiary/aromatic N) is 1. The second kappa shape index (κ2) is 6.57. The van der Waals surface area contributed by atoms with Crippen molar-refractivity contribution in [3.8, 4) is 11.5 Å². The fourth-order valence-corrected chi connectivity index (χ4v) is 5.64. The van der Waals surface area contributed by atoms with E-state index in [0.717, 1.165) is 5.56 Å². The van der Waals surface area contributed by atoms with Crippen molar-refractivity contribution in [1.29, 1.82) is 0 Å². The zero-order valence-electron chi connectivity index (χ0n) is 14.4. The number of ether oxygens (including phenoxy) is 2. The number of rotatable bonds is 4. The molecule has 138 valence electrons. The predicted molar refractivity (Wildman–Crippen MR) is 95.6 cm³/mol. The number of benzene rings is 2. The van der Waals surface area contributed by atoms with Gasteiger partial charge in [-0.3, -0.25) is 0 Å². The molecule has 1 N–H and O–H groups in total. The summed E-state index contributed by atoms with van der Waals surface area (Å²) in [6.07, 6.45) is 0. The van der Waals surface area contributed by atoms with Gasteiger partial charge in [-0.1, -0.05) is 18.2 Å². The van der Waals surface area contributed by atoms with Gasteiger partial charge in [-0.05, 0) is 30.3 Å². The molecular formula is C19H21NO5S. The lowest BCUT2D eigenvalue weighted by Crippen LogP contribution is -2.35. The van der Waals surface area contributed by atoms with Gasteiger partial charge in [-0.25, -0.2) is 8.42 Å². The van der Waals surface area contributed by atoms with Crippen LogP contribution in [0, 0.1) is 11.8 Å². The molecule has 3 atom stereocenters. The molecule has 2 heterocycles. The quantitative estimate of drug-likeness (QED) is 0.885. The van der Waals surface area contributed by atoms with Crippen molar-refractivity contribution < 1.29 is 23.0 Å². The van der Waals surface area contributed by atoms with Crippen molar-refractivity contribution in [2.75, 3.05) is 26.9 Å². The molecule has 4 rings (SSSR count). The van der Waals surface area contributed by atoms with Gasteiger partial charge in [0.15, 0.2) is 0 Å². The van der Waals surface area contributed by atoms with Crippen molar-refractivity contribution in [3.05, 3.63) is 54.1 Å². The highest BCUT2D eigenvalue weighted by Crippen LogP contribution is 2.49. The van der Waals surface area contributed by atoms with E-state index in [1.165, 1.54) is 4.31 Å². The van der Waals surface area contributed by atoms with Gasteiger partial charge >= 0.3 is 0 Å². The summed E-state index contributed by atoms with van der Waals surface area (Å²) in [7, 11) is -2.17. The first-order valence-electron chi connectivity index (χ1n) is 8.54. The predicted octanol–water partition coefficient (Wildman–Crippen LogP) is 2.06. The number of para-hydroxylation sites is 1. The average molecular weight is 375 g/mol. The van der Waals surface area contributed by atoms with Crippen LogP contribution in [0.5, 0.6) is 11.5 Å². The Labute approximate surface area is 153 Å². The topological polar surface area (TPSA) is 76.1 Å². The summed E-state index contributed by atoms with van der Waals surface area (Å²) < 4.78 is 39.1. The summed E-state index contributed by atoms with van der Waals surface area (Å²) in [6, 6.07) is 13.6. The summed E-state index contributed by atoms with van der Waals surface area (Å²) in [5.41, 5.74) is 0.858. The Morgan fingerprint density at radius 1 is 1.19 bits per heavy atom. The van der Waals surface area contributed by atoms with Gasteiger partial charge in [0.1, 0.15) is 11.5 Å². The lowest BCUT2D eigenvalue weighted by molar-refractivity contribution is 0.129. The third-order valence-corrected chi connectivity index (χ3v) is 7.17. The molecule has 2 aliphatic heterocycles. The molecule has 0 amide bonds. The molecule has 2 aromatic rings. The molecule has 2 aromatic carbocycles. The Hall–Kier alpha value is -2.09. The molecule has 0 aromatic heterocycles. The lowest BCUT2D eigenvalue weighted by atomic mass is 9.86. The molecule has 1 saturated heterocycles. The normalized spacial score (nSPS) is 25.2. The number of fused-ring (bicyclic) bond motifs is 3. The summed E-state index contributed by atoms with van der Waals surface area (Å²) in [5, 5.41) is 9.78. The van der Waals surface area contributed by atoms with Crippen LogP contribution in [0.1, 0.15) is 11.6 Å². The Bertz CT molecular complexity index is 896. The van der Waals surface area contributed by atoms with Crippen molar-refractivity contribution in [1.82, 2.24) is 4.31 Å². The minimum absolute atomic E-state index is 0.0667. The van der Waals surface area contributed by atoms with Gasteiger partial charge in [-0.15, -0.1) is 0 Å². The molecule has 0 saturated carbocycles. The highest BCUT2D eigenvalue weighted by Gasteiger charge is 2.50. The van der Waals surface area contributed by atoms with E-state index in [9.17, 15) is 13.5 Å². The largest absolute Gasteiger partial charge is 0.497 e.